The molecule has 0 atom stereocenters. The van der Waals surface area contributed by atoms with Gasteiger partial charge < -0.3 is 5.32 Å². The van der Waals surface area contributed by atoms with Crippen molar-refractivity contribution in [1.82, 2.24) is 19.6 Å². The number of halogens is 1. The molecule has 2 heterocycles. The van der Waals surface area contributed by atoms with Crippen LogP contribution >= 0.6 is 11.6 Å². The molecule has 0 spiro atoms. The Bertz CT molecular complexity index is 948. The van der Waals surface area contributed by atoms with Crippen molar-refractivity contribution in [3.05, 3.63) is 59.1 Å². The zero-order valence-electron chi connectivity index (χ0n) is 15.7. The standard InChI is InChI=1S/C19H24ClN7/c1-4-5-10-26(21)16-9-7-6-8-14(16)11-22-19-25-18(20)24-17-15(13(2)3)12-23-27(17)19/h5-10,12-13H,4,11,21H2,1-3H3,(H,22,24,25)/b10-5-. The van der Waals surface area contributed by atoms with Crippen molar-refractivity contribution in [3.63, 3.8) is 0 Å². The number of para-hydroxylation sites is 1. The Hall–Kier alpha value is -2.64. The molecule has 1 aromatic carbocycles. The maximum Gasteiger partial charge on any atom is 0.228 e. The van der Waals surface area contributed by atoms with E-state index in [0.29, 0.717) is 18.1 Å². The van der Waals surface area contributed by atoms with Gasteiger partial charge in [-0.25, -0.2) is 5.84 Å². The first-order valence-corrected chi connectivity index (χ1v) is 9.32. The number of allylic oxidation sites excluding steroid dienone is 1. The van der Waals surface area contributed by atoms with Gasteiger partial charge in [0.15, 0.2) is 5.65 Å². The number of nitrogens with zero attached hydrogens (tertiary/aromatic N) is 5. The number of hydrogen-bond acceptors (Lipinski definition) is 6. The van der Waals surface area contributed by atoms with Crippen molar-refractivity contribution >= 4 is 28.9 Å². The topological polar surface area (TPSA) is 84.4 Å². The van der Waals surface area contributed by atoms with E-state index in [4.69, 9.17) is 17.4 Å². The predicted octanol–water partition coefficient (Wildman–Crippen LogP) is 4.12. The van der Waals surface area contributed by atoms with Gasteiger partial charge in [0, 0.05) is 18.3 Å². The van der Waals surface area contributed by atoms with Crippen LogP contribution in [0.15, 0.2) is 42.7 Å². The van der Waals surface area contributed by atoms with Gasteiger partial charge in [-0.15, -0.1) is 0 Å². The molecule has 0 fully saturated rings. The number of anilines is 2. The maximum atomic E-state index is 6.16. The molecule has 142 valence electrons. The predicted molar refractivity (Wildman–Crippen MR) is 110 cm³/mol. The van der Waals surface area contributed by atoms with E-state index in [2.05, 4.69) is 41.2 Å². The van der Waals surface area contributed by atoms with Crippen molar-refractivity contribution in [2.75, 3.05) is 10.3 Å². The summed E-state index contributed by atoms with van der Waals surface area (Å²) in [5.41, 5.74) is 3.68. The van der Waals surface area contributed by atoms with E-state index in [-0.39, 0.29) is 11.2 Å². The van der Waals surface area contributed by atoms with E-state index >= 15 is 0 Å². The third-order valence-corrected chi connectivity index (χ3v) is 4.37. The second kappa shape index (κ2) is 8.37. The van der Waals surface area contributed by atoms with Crippen molar-refractivity contribution in [2.45, 2.75) is 39.7 Å². The Labute approximate surface area is 163 Å². The average molecular weight is 386 g/mol. The zero-order chi connectivity index (χ0) is 19.4. The van der Waals surface area contributed by atoms with Gasteiger partial charge in [-0.3, -0.25) is 5.01 Å². The van der Waals surface area contributed by atoms with Crippen molar-refractivity contribution in [1.29, 1.82) is 0 Å². The number of hydrazine groups is 1. The fourth-order valence-corrected chi connectivity index (χ4v) is 2.94. The summed E-state index contributed by atoms with van der Waals surface area (Å²) in [5, 5.41) is 9.53. The summed E-state index contributed by atoms with van der Waals surface area (Å²) in [7, 11) is 0. The van der Waals surface area contributed by atoms with Gasteiger partial charge >= 0.3 is 0 Å². The number of hydrogen-bond donors (Lipinski definition) is 2. The average Bonchev–Trinajstić information content (AvgIpc) is 3.08. The minimum absolute atomic E-state index is 0.187. The van der Waals surface area contributed by atoms with E-state index in [1.807, 2.05) is 36.5 Å². The van der Waals surface area contributed by atoms with Gasteiger partial charge in [-0.1, -0.05) is 45.0 Å². The second-order valence-corrected chi connectivity index (χ2v) is 6.83. The van der Waals surface area contributed by atoms with Crippen LogP contribution in [-0.2, 0) is 6.54 Å². The largest absolute Gasteiger partial charge is 0.350 e. The van der Waals surface area contributed by atoms with Crippen molar-refractivity contribution in [3.8, 4) is 0 Å². The number of rotatable bonds is 7. The number of benzene rings is 1. The van der Waals surface area contributed by atoms with Gasteiger partial charge in [0.05, 0.1) is 11.9 Å². The highest BCUT2D eigenvalue weighted by Crippen LogP contribution is 2.23. The maximum absolute atomic E-state index is 6.16. The van der Waals surface area contributed by atoms with Crippen LogP contribution in [0.25, 0.3) is 5.65 Å². The first-order valence-electron chi connectivity index (χ1n) is 8.94. The molecule has 8 heteroatoms. The molecule has 0 aliphatic heterocycles. The molecule has 27 heavy (non-hydrogen) atoms. The highest BCUT2D eigenvalue weighted by molar-refractivity contribution is 6.28. The van der Waals surface area contributed by atoms with Crippen molar-refractivity contribution < 1.29 is 0 Å². The molecule has 7 nitrogen and oxygen atoms in total. The molecule has 0 unspecified atom stereocenters. The van der Waals surface area contributed by atoms with Gasteiger partial charge in [0.1, 0.15) is 0 Å². The lowest BCUT2D eigenvalue weighted by molar-refractivity contribution is 0.864. The minimum Gasteiger partial charge on any atom is -0.350 e. The summed E-state index contributed by atoms with van der Waals surface area (Å²) < 4.78 is 1.68. The molecular formula is C19H24ClN7. The van der Waals surface area contributed by atoms with Gasteiger partial charge in [0.2, 0.25) is 11.2 Å². The van der Waals surface area contributed by atoms with Crippen LogP contribution in [0, 0.1) is 0 Å². The molecular weight excluding hydrogens is 362 g/mol. The van der Waals surface area contributed by atoms with E-state index in [0.717, 1.165) is 23.2 Å². The van der Waals surface area contributed by atoms with Crippen LogP contribution in [0.3, 0.4) is 0 Å². The number of nitrogens with two attached hydrogens (primary N) is 1. The molecule has 3 N–H and O–H groups in total. The van der Waals surface area contributed by atoms with Crippen LogP contribution in [0.4, 0.5) is 11.6 Å². The number of fused-ring (bicyclic) bond motifs is 1. The fraction of sp³-hybridized carbons (Fsp3) is 0.316. The van der Waals surface area contributed by atoms with Gasteiger partial charge in [-0.2, -0.15) is 19.6 Å². The molecule has 3 aromatic rings. The molecule has 2 aromatic heterocycles. The molecule has 0 amide bonds. The van der Waals surface area contributed by atoms with E-state index in [1.54, 1.807) is 15.7 Å². The smallest absolute Gasteiger partial charge is 0.228 e. The number of aromatic nitrogens is 4. The Morgan fingerprint density at radius 2 is 2.07 bits per heavy atom. The van der Waals surface area contributed by atoms with Crippen LogP contribution in [-0.4, -0.2) is 19.6 Å². The summed E-state index contributed by atoms with van der Waals surface area (Å²) in [6.45, 7) is 6.77. The van der Waals surface area contributed by atoms with E-state index in [1.165, 1.54) is 0 Å². The number of nitrogens with one attached hydrogen (secondary N) is 1. The lowest BCUT2D eigenvalue weighted by atomic mass is 10.1. The Balaban J connectivity index is 1.89. The van der Waals surface area contributed by atoms with Crippen LogP contribution in [0.5, 0.6) is 0 Å². The van der Waals surface area contributed by atoms with Gasteiger partial charge in [-0.05, 0) is 35.6 Å². The van der Waals surface area contributed by atoms with E-state index in [9.17, 15) is 0 Å². The third kappa shape index (κ3) is 4.20. The monoisotopic (exact) mass is 385 g/mol. The highest BCUT2D eigenvalue weighted by atomic mass is 35.5. The molecule has 0 aliphatic rings. The molecule has 0 bridgehead atoms. The molecule has 0 saturated carbocycles. The Kier molecular flexibility index (Phi) is 5.93. The minimum atomic E-state index is 0.187. The highest BCUT2D eigenvalue weighted by Gasteiger charge is 2.15. The van der Waals surface area contributed by atoms with Gasteiger partial charge in [0.25, 0.3) is 0 Å². The third-order valence-electron chi connectivity index (χ3n) is 4.20. The zero-order valence-corrected chi connectivity index (χ0v) is 16.5. The molecule has 0 aliphatic carbocycles. The van der Waals surface area contributed by atoms with Crippen LogP contribution in [0.1, 0.15) is 44.2 Å². The first kappa shape index (κ1) is 19.1. The molecule has 3 rings (SSSR count). The lowest BCUT2D eigenvalue weighted by Gasteiger charge is -2.18. The Morgan fingerprint density at radius 3 is 2.81 bits per heavy atom. The summed E-state index contributed by atoms with van der Waals surface area (Å²) in [6.07, 6.45) is 6.60. The summed E-state index contributed by atoms with van der Waals surface area (Å²) >= 11 is 6.14. The fourth-order valence-electron chi connectivity index (χ4n) is 2.78. The van der Waals surface area contributed by atoms with E-state index < -0.39 is 0 Å². The van der Waals surface area contributed by atoms with Crippen LogP contribution < -0.4 is 16.2 Å². The first-order chi connectivity index (χ1) is 13.0. The van der Waals surface area contributed by atoms with Crippen LogP contribution in [0.2, 0.25) is 5.28 Å². The summed E-state index contributed by atoms with van der Waals surface area (Å²) in [6, 6.07) is 7.93. The quantitative estimate of drug-likeness (QED) is 0.470. The molecule has 0 saturated heterocycles. The second-order valence-electron chi connectivity index (χ2n) is 6.49. The normalized spacial score (nSPS) is 11.6. The van der Waals surface area contributed by atoms with Crippen molar-refractivity contribution in [2.24, 2.45) is 5.84 Å². The summed E-state index contributed by atoms with van der Waals surface area (Å²) in [5.74, 6) is 6.99. The SMILES string of the molecule is CC/C=C\N(N)c1ccccc1CNc1nc(Cl)nc2c(C(C)C)cnn12. The Morgan fingerprint density at radius 1 is 1.30 bits per heavy atom. The molecule has 0 radical (unpaired) electrons. The lowest BCUT2D eigenvalue weighted by Crippen LogP contribution is -2.25. The summed E-state index contributed by atoms with van der Waals surface area (Å²) in [4.78, 5) is 8.63.